The fourth-order valence-corrected chi connectivity index (χ4v) is 1.67. The molecular weight excluding hydrogens is 251 g/mol. The van der Waals surface area contributed by atoms with Crippen LogP contribution in [0.2, 0.25) is 0 Å². The number of rotatable bonds is 2. The van der Waals surface area contributed by atoms with Crippen molar-refractivity contribution in [2.45, 2.75) is 0 Å². The number of pyridine rings is 1. The van der Waals surface area contributed by atoms with Crippen LogP contribution in [0.4, 0.5) is 4.39 Å². The Morgan fingerprint density at radius 3 is 2.68 bits per heavy atom. The average molecular weight is 258 g/mol. The van der Waals surface area contributed by atoms with Crippen LogP contribution in [0.15, 0.2) is 35.3 Å². The molecule has 1 heterocycles. The lowest BCUT2D eigenvalue weighted by Gasteiger charge is -2.07. The molecule has 0 saturated carbocycles. The van der Waals surface area contributed by atoms with Crippen LogP contribution in [0.1, 0.15) is 15.9 Å². The monoisotopic (exact) mass is 258 g/mol. The number of nitriles is 1. The van der Waals surface area contributed by atoms with Gasteiger partial charge in [-0.1, -0.05) is 0 Å². The second-order valence-corrected chi connectivity index (χ2v) is 3.74. The number of aromatic carboxylic acids is 1. The molecule has 0 bridgehead atoms. The molecular formula is C13H7FN2O3. The van der Waals surface area contributed by atoms with Crippen molar-refractivity contribution in [3.8, 4) is 17.2 Å². The van der Waals surface area contributed by atoms with Crippen LogP contribution < -0.4 is 5.56 Å². The zero-order valence-electron chi connectivity index (χ0n) is 9.48. The van der Waals surface area contributed by atoms with Crippen molar-refractivity contribution in [2.24, 2.45) is 0 Å². The molecule has 0 saturated heterocycles. The Morgan fingerprint density at radius 1 is 1.32 bits per heavy atom. The molecule has 0 unspecified atom stereocenters. The number of benzene rings is 1. The summed E-state index contributed by atoms with van der Waals surface area (Å²) in [6, 6.07) is 6.30. The zero-order valence-corrected chi connectivity index (χ0v) is 9.48. The number of aromatic amines is 1. The van der Waals surface area contributed by atoms with Gasteiger partial charge in [0.1, 0.15) is 5.82 Å². The van der Waals surface area contributed by atoms with Crippen molar-refractivity contribution >= 4 is 5.97 Å². The predicted octanol–water partition coefficient (Wildman–Crippen LogP) is 1.75. The minimum atomic E-state index is -1.34. The van der Waals surface area contributed by atoms with Gasteiger partial charge in [-0.25, -0.2) is 9.18 Å². The number of halogens is 1. The fraction of sp³-hybridized carbons (Fsp3) is 0. The number of nitrogens with one attached hydrogen (secondary N) is 1. The summed E-state index contributed by atoms with van der Waals surface area (Å²) in [5.74, 6) is -2.02. The van der Waals surface area contributed by atoms with Crippen LogP contribution in [0.3, 0.4) is 0 Å². The van der Waals surface area contributed by atoms with Gasteiger partial charge in [-0.3, -0.25) is 4.79 Å². The van der Waals surface area contributed by atoms with Gasteiger partial charge in [0, 0.05) is 23.4 Å². The summed E-state index contributed by atoms with van der Waals surface area (Å²) in [4.78, 5) is 24.5. The average Bonchev–Trinajstić information content (AvgIpc) is 2.39. The Labute approximate surface area is 106 Å². The maximum atomic E-state index is 13.7. The van der Waals surface area contributed by atoms with Gasteiger partial charge in [0.15, 0.2) is 0 Å². The molecule has 0 aliphatic rings. The number of hydrogen-bond acceptors (Lipinski definition) is 3. The first-order chi connectivity index (χ1) is 9.02. The molecule has 2 rings (SSSR count). The highest BCUT2D eigenvalue weighted by atomic mass is 19.1. The minimum Gasteiger partial charge on any atom is -0.478 e. The maximum absolute atomic E-state index is 13.7. The highest BCUT2D eigenvalue weighted by Gasteiger charge is 2.16. The first kappa shape index (κ1) is 12.5. The Bertz CT molecular complexity index is 759. The summed E-state index contributed by atoms with van der Waals surface area (Å²) in [5.41, 5.74) is -0.760. The summed E-state index contributed by atoms with van der Waals surface area (Å²) >= 11 is 0. The number of nitrogens with zero attached hydrogens (tertiary/aromatic N) is 1. The smallest absolute Gasteiger partial charge is 0.336 e. The molecule has 2 N–H and O–H groups in total. The molecule has 0 spiro atoms. The minimum absolute atomic E-state index is 0.0155. The quantitative estimate of drug-likeness (QED) is 0.857. The van der Waals surface area contributed by atoms with Gasteiger partial charge in [-0.15, -0.1) is 0 Å². The van der Waals surface area contributed by atoms with Gasteiger partial charge in [0.05, 0.1) is 17.2 Å². The zero-order chi connectivity index (χ0) is 14.0. The molecule has 2 aromatic rings. The van der Waals surface area contributed by atoms with Crippen molar-refractivity contribution < 1.29 is 14.3 Å². The van der Waals surface area contributed by atoms with E-state index in [2.05, 4.69) is 4.98 Å². The van der Waals surface area contributed by atoms with E-state index >= 15 is 0 Å². The van der Waals surface area contributed by atoms with Gasteiger partial charge >= 0.3 is 5.97 Å². The van der Waals surface area contributed by atoms with Gasteiger partial charge in [-0.05, 0) is 18.2 Å². The molecule has 1 aromatic heterocycles. The highest BCUT2D eigenvalue weighted by molar-refractivity contribution is 5.95. The van der Waals surface area contributed by atoms with E-state index in [-0.39, 0.29) is 22.3 Å². The number of hydrogen-bond donors (Lipinski definition) is 2. The van der Waals surface area contributed by atoms with E-state index < -0.39 is 17.3 Å². The van der Waals surface area contributed by atoms with Crippen molar-refractivity contribution in [3.05, 3.63) is 57.8 Å². The molecule has 94 valence electrons. The normalized spacial score (nSPS) is 9.89. The van der Waals surface area contributed by atoms with Gasteiger partial charge in [-0.2, -0.15) is 5.26 Å². The summed E-state index contributed by atoms with van der Waals surface area (Å²) in [7, 11) is 0. The molecule has 0 amide bonds. The second kappa shape index (κ2) is 4.74. The van der Waals surface area contributed by atoms with Crippen molar-refractivity contribution in [1.82, 2.24) is 4.98 Å². The van der Waals surface area contributed by atoms with Crippen LogP contribution in [-0.4, -0.2) is 16.1 Å². The van der Waals surface area contributed by atoms with E-state index in [1.807, 2.05) is 6.07 Å². The van der Waals surface area contributed by atoms with E-state index in [0.717, 1.165) is 18.3 Å². The van der Waals surface area contributed by atoms with Crippen LogP contribution in [0.5, 0.6) is 0 Å². The first-order valence-electron chi connectivity index (χ1n) is 5.19. The first-order valence-corrected chi connectivity index (χ1v) is 5.19. The van der Waals surface area contributed by atoms with Crippen molar-refractivity contribution in [3.63, 3.8) is 0 Å². The van der Waals surface area contributed by atoms with Gasteiger partial charge < -0.3 is 10.1 Å². The second-order valence-electron chi connectivity index (χ2n) is 3.74. The molecule has 6 heteroatoms. The van der Waals surface area contributed by atoms with Gasteiger partial charge in [0.25, 0.3) is 0 Å². The van der Waals surface area contributed by atoms with E-state index in [0.29, 0.717) is 0 Å². The van der Waals surface area contributed by atoms with Crippen LogP contribution in [-0.2, 0) is 0 Å². The third-order valence-corrected chi connectivity index (χ3v) is 2.54. The molecule has 0 aliphatic heterocycles. The number of carboxylic acids is 1. The van der Waals surface area contributed by atoms with Crippen LogP contribution in [0, 0.1) is 17.1 Å². The van der Waals surface area contributed by atoms with Crippen molar-refractivity contribution in [1.29, 1.82) is 5.26 Å². The molecule has 0 fully saturated rings. The predicted molar refractivity (Wildman–Crippen MR) is 64.1 cm³/mol. The largest absolute Gasteiger partial charge is 0.478 e. The highest BCUT2D eigenvalue weighted by Crippen LogP contribution is 2.26. The van der Waals surface area contributed by atoms with Crippen molar-refractivity contribution in [2.75, 3.05) is 0 Å². The summed E-state index contributed by atoms with van der Waals surface area (Å²) in [6.45, 7) is 0. The molecule has 5 nitrogen and oxygen atoms in total. The third-order valence-electron chi connectivity index (χ3n) is 2.54. The molecule has 0 radical (unpaired) electrons. The number of aromatic nitrogens is 1. The van der Waals surface area contributed by atoms with E-state index in [4.69, 9.17) is 10.4 Å². The fourth-order valence-electron chi connectivity index (χ4n) is 1.67. The summed E-state index contributed by atoms with van der Waals surface area (Å²) < 4.78 is 13.7. The lowest BCUT2D eigenvalue weighted by atomic mass is 10.00. The molecule has 1 aromatic carbocycles. The number of H-pyrrole nitrogens is 1. The lowest BCUT2D eigenvalue weighted by Crippen LogP contribution is -2.10. The van der Waals surface area contributed by atoms with E-state index in [1.54, 1.807) is 0 Å². The Kier molecular flexibility index (Phi) is 3.12. The Morgan fingerprint density at radius 2 is 2.05 bits per heavy atom. The van der Waals surface area contributed by atoms with Crippen LogP contribution >= 0.6 is 0 Å². The van der Waals surface area contributed by atoms with Gasteiger partial charge in [0.2, 0.25) is 5.56 Å². The third kappa shape index (κ3) is 2.35. The summed E-state index contributed by atoms with van der Waals surface area (Å²) in [6.07, 6.45) is 1.12. The molecule has 0 aliphatic carbocycles. The summed E-state index contributed by atoms with van der Waals surface area (Å²) in [5, 5.41) is 17.8. The topological polar surface area (TPSA) is 94.0 Å². The van der Waals surface area contributed by atoms with E-state index in [1.165, 1.54) is 12.1 Å². The molecule has 19 heavy (non-hydrogen) atoms. The maximum Gasteiger partial charge on any atom is 0.336 e. The SMILES string of the molecule is N#Cc1ccc(F)c(-c2c[nH]c(=O)cc2C(=O)O)c1. The van der Waals surface area contributed by atoms with E-state index in [9.17, 15) is 14.0 Å². The van der Waals surface area contributed by atoms with Crippen LogP contribution in [0.25, 0.3) is 11.1 Å². The molecule has 0 atom stereocenters. The number of carbonyl (C=O) groups is 1. The Balaban J connectivity index is 2.75. The Hall–Kier alpha value is -2.94. The number of carboxylic acid groups (broad SMARTS) is 1. The lowest BCUT2D eigenvalue weighted by molar-refractivity contribution is 0.0697. The standard InChI is InChI=1S/C13H7FN2O3/c14-11-2-1-7(5-15)3-8(11)10-6-16-12(17)4-9(10)13(18)19/h1-4,6H,(H,16,17)(H,18,19).